The molecule has 38 heavy (non-hydrogen) atoms. The van der Waals surface area contributed by atoms with E-state index in [9.17, 15) is 13.6 Å². The largest absolute Gasteiger partial charge is 0.334 e. The molecule has 1 fully saturated rings. The first-order chi connectivity index (χ1) is 18.2. The van der Waals surface area contributed by atoms with Crippen LogP contribution >= 0.6 is 23.2 Å². The van der Waals surface area contributed by atoms with Gasteiger partial charge < -0.3 is 14.4 Å². The smallest absolute Gasteiger partial charge is 0.257 e. The molecule has 1 heterocycles. The molecule has 7 nitrogen and oxygen atoms in total. The lowest BCUT2D eigenvalue weighted by Crippen LogP contribution is -2.16. The van der Waals surface area contributed by atoms with E-state index in [2.05, 4.69) is 15.5 Å². The Kier molecular flexibility index (Phi) is 7.42. The first-order valence-electron chi connectivity index (χ1n) is 12.1. The molecule has 0 spiro atoms. The van der Waals surface area contributed by atoms with Gasteiger partial charge >= 0.3 is 0 Å². The van der Waals surface area contributed by atoms with Gasteiger partial charge in [0.1, 0.15) is 0 Å². The van der Waals surface area contributed by atoms with E-state index in [0.29, 0.717) is 27.4 Å². The van der Waals surface area contributed by atoms with Crippen molar-refractivity contribution in [2.75, 3.05) is 5.32 Å². The average molecular weight is 570 g/mol. The van der Waals surface area contributed by atoms with E-state index in [1.807, 2.05) is 31.2 Å². The van der Waals surface area contributed by atoms with Crippen molar-refractivity contribution in [1.82, 2.24) is 10.1 Å². The molecule has 2 atom stereocenters. The molecule has 10 heteroatoms. The third kappa shape index (κ3) is 5.40. The van der Waals surface area contributed by atoms with Crippen molar-refractivity contribution in [3.63, 3.8) is 0 Å². The predicted molar refractivity (Wildman–Crippen MR) is 149 cm³/mol. The number of nitrogens with one attached hydrogen (secondary N) is 1. The van der Waals surface area contributed by atoms with Gasteiger partial charge in [-0.1, -0.05) is 70.3 Å². The summed E-state index contributed by atoms with van der Waals surface area (Å²) in [6.45, 7) is 3.68. The molecule has 4 aromatic rings. The number of amides is 1. The first kappa shape index (κ1) is 26.6. The highest BCUT2D eigenvalue weighted by molar-refractivity contribution is 7.79. The molecule has 1 aliphatic rings. The third-order valence-electron chi connectivity index (χ3n) is 6.82. The first-order valence-corrected chi connectivity index (χ1v) is 14.0. The number of hydrogen-bond donors (Lipinski definition) is 2. The molecule has 3 aromatic carbocycles. The Hall–Kier alpha value is -3.04. The Morgan fingerprint density at radius 3 is 2.32 bits per heavy atom. The number of aryl methyl sites for hydroxylation is 1. The van der Waals surface area contributed by atoms with Crippen LogP contribution in [0.25, 0.3) is 11.5 Å². The lowest BCUT2D eigenvalue weighted by molar-refractivity contribution is -0.115. The molecule has 1 aliphatic carbocycles. The van der Waals surface area contributed by atoms with Crippen LogP contribution in [0.1, 0.15) is 53.1 Å². The number of halogens is 2. The third-order valence-corrected chi connectivity index (χ3v) is 8.30. The number of aromatic nitrogens is 2. The molecule has 2 unspecified atom stereocenters. The molecule has 5 rings (SSSR count). The van der Waals surface area contributed by atoms with E-state index < -0.39 is 21.7 Å². The fraction of sp³-hybridized carbons (Fsp3) is 0.250. The Bertz CT molecular complexity index is 1490. The number of nitrogens with zero attached hydrogens (tertiary/aromatic N) is 2. The molecule has 1 aromatic heterocycles. The Labute approximate surface area is 232 Å². The zero-order valence-electron chi connectivity index (χ0n) is 20.7. The topological polar surface area (TPSA) is 105 Å². The van der Waals surface area contributed by atoms with Crippen molar-refractivity contribution in [3.8, 4) is 11.5 Å². The van der Waals surface area contributed by atoms with Crippen molar-refractivity contribution in [3.05, 3.63) is 98.8 Å². The standard InChI is InChI=1S/C28H25Cl2N3O4S/c1-16-3-7-20(8-4-16)26-32-27(33-37-26)28(11-12-28)25-22(29)14-21(15-23(25)30)31-24(34)13-18-5-9-19(10-6-18)17(2)38(35)36/h3-10,14-15,17H,11-13H2,1-2H3,(H,31,34)(H,35,36). The highest BCUT2D eigenvalue weighted by Gasteiger charge is 2.52. The molecule has 0 saturated heterocycles. The summed E-state index contributed by atoms with van der Waals surface area (Å²) in [5.41, 5.74) is 4.16. The SMILES string of the molecule is Cc1ccc(-c2nc(C3(c4c(Cl)cc(NC(=O)Cc5ccc(C(C)S(=O)O)cc5)cc4Cl)CC3)no2)cc1. The number of carbonyl (C=O) groups is 1. The number of benzene rings is 3. The fourth-order valence-corrected chi connectivity index (χ4v) is 5.70. The summed E-state index contributed by atoms with van der Waals surface area (Å²) in [6, 6.07) is 18.3. The van der Waals surface area contributed by atoms with Gasteiger partial charge in [0.05, 0.1) is 17.1 Å². The van der Waals surface area contributed by atoms with Crippen LogP contribution in [-0.4, -0.2) is 24.8 Å². The van der Waals surface area contributed by atoms with Crippen molar-refractivity contribution in [2.45, 2.75) is 43.8 Å². The maximum atomic E-state index is 12.7. The van der Waals surface area contributed by atoms with Gasteiger partial charge in [-0.2, -0.15) is 4.98 Å². The highest BCUT2D eigenvalue weighted by Crippen LogP contribution is 2.57. The van der Waals surface area contributed by atoms with Crippen molar-refractivity contribution in [2.24, 2.45) is 0 Å². The van der Waals surface area contributed by atoms with Crippen LogP contribution < -0.4 is 5.32 Å². The molecule has 2 N–H and O–H groups in total. The second-order valence-electron chi connectivity index (χ2n) is 9.57. The molecule has 0 bridgehead atoms. The van der Waals surface area contributed by atoms with Crippen molar-refractivity contribution < 1.29 is 18.1 Å². The summed E-state index contributed by atoms with van der Waals surface area (Å²) in [5.74, 6) is 0.740. The van der Waals surface area contributed by atoms with Gasteiger partial charge in [-0.15, -0.1) is 0 Å². The Morgan fingerprint density at radius 1 is 1.11 bits per heavy atom. The van der Waals surface area contributed by atoms with Gasteiger partial charge in [0, 0.05) is 26.9 Å². The molecular formula is C28H25Cl2N3O4S. The highest BCUT2D eigenvalue weighted by atomic mass is 35.5. The van der Waals surface area contributed by atoms with E-state index in [1.165, 1.54) is 0 Å². The van der Waals surface area contributed by atoms with Gasteiger partial charge in [0.2, 0.25) is 5.91 Å². The number of anilines is 1. The second kappa shape index (κ2) is 10.6. The van der Waals surface area contributed by atoms with E-state index in [1.54, 1.807) is 43.3 Å². The normalized spacial score (nSPS) is 15.6. The van der Waals surface area contributed by atoms with Gasteiger partial charge in [0.25, 0.3) is 5.89 Å². The zero-order chi connectivity index (χ0) is 27.0. The van der Waals surface area contributed by atoms with E-state index in [4.69, 9.17) is 27.7 Å². The van der Waals surface area contributed by atoms with Crippen LogP contribution in [0.15, 0.2) is 65.2 Å². The van der Waals surface area contributed by atoms with Crippen LogP contribution in [0.2, 0.25) is 10.0 Å². The summed E-state index contributed by atoms with van der Waals surface area (Å²) < 4.78 is 26.1. The summed E-state index contributed by atoms with van der Waals surface area (Å²) in [7, 11) is 0. The van der Waals surface area contributed by atoms with Crippen LogP contribution in [0.4, 0.5) is 5.69 Å². The number of carbonyl (C=O) groups excluding carboxylic acids is 1. The molecular weight excluding hydrogens is 545 g/mol. The predicted octanol–water partition coefficient (Wildman–Crippen LogP) is 6.90. The fourth-order valence-electron chi connectivity index (χ4n) is 4.46. The minimum absolute atomic E-state index is 0.127. The lowest BCUT2D eigenvalue weighted by atomic mass is 9.94. The minimum Gasteiger partial charge on any atom is -0.334 e. The summed E-state index contributed by atoms with van der Waals surface area (Å²) in [4.78, 5) is 17.3. The van der Waals surface area contributed by atoms with E-state index >= 15 is 0 Å². The monoisotopic (exact) mass is 569 g/mol. The second-order valence-corrected chi connectivity index (χ2v) is 11.6. The van der Waals surface area contributed by atoms with Crippen LogP contribution in [-0.2, 0) is 27.7 Å². The summed E-state index contributed by atoms with van der Waals surface area (Å²) >= 11 is 11.4. The molecule has 0 aliphatic heterocycles. The summed E-state index contributed by atoms with van der Waals surface area (Å²) in [6.07, 6.45) is 1.69. The van der Waals surface area contributed by atoms with Gasteiger partial charge in [-0.3, -0.25) is 4.79 Å². The molecule has 0 radical (unpaired) electrons. The molecule has 196 valence electrons. The van der Waals surface area contributed by atoms with Crippen molar-refractivity contribution >= 4 is 45.9 Å². The maximum absolute atomic E-state index is 12.7. The Balaban J connectivity index is 1.31. The van der Waals surface area contributed by atoms with Crippen molar-refractivity contribution in [1.29, 1.82) is 0 Å². The van der Waals surface area contributed by atoms with Gasteiger partial charge in [-0.05, 0) is 62.1 Å². The van der Waals surface area contributed by atoms with Crippen LogP contribution in [0.3, 0.4) is 0 Å². The summed E-state index contributed by atoms with van der Waals surface area (Å²) in [5, 5.41) is 7.43. The number of rotatable bonds is 8. The lowest BCUT2D eigenvalue weighted by Gasteiger charge is -2.17. The molecule has 1 saturated carbocycles. The maximum Gasteiger partial charge on any atom is 0.257 e. The van der Waals surface area contributed by atoms with Gasteiger partial charge in [-0.25, -0.2) is 4.21 Å². The minimum atomic E-state index is -1.95. The quantitative estimate of drug-likeness (QED) is 0.224. The van der Waals surface area contributed by atoms with E-state index in [-0.39, 0.29) is 12.3 Å². The van der Waals surface area contributed by atoms with Crippen LogP contribution in [0.5, 0.6) is 0 Å². The van der Waals surface area contributed by atoms with Crippen LogP contribution in [0, 0.1) is 6.92 Å². The average Bonchev–Trinajstić information content (AvgIpc) is 3.50. The molecule has 1 amide bonds. The Morgan fingerprint density at radius 2 is 1.74 bits per heavy atom. The van der Waals surface area contributed by atoms with Gasteiger partial charge in [0.15, 0.2) is 16.9 Å². The zero-order valence-corrected chi connectivity index (χ0v) is 23.0. The number of hydrogen-bond acceptors (Lipinski definition) is 5. The van der Waals surface area contributed by atoms with E-state index in [0.717, 1.165) is 40.7 Å².